The average molecular weight is 108 g/mol. The molecule has 1 atom stereocenters. The van der Waals surface area contributed by atoms with Crippen LogP contribution in [0.15, 0.2) is 0 Å². The molecule has 3 nitrogen and oxygen atoms in total. The first-order valence-electron chi connectivity index (χ1n) is 1.05. The van der Waals surface area contributed by atoms with Crippen LogP contribution >= 0.6 is 16.6 Å². The number of nitrogens with zero attached hydrogens (tertiary/aromatic N) is 1. The maximum absolute atomic E-state index is 8.23. The van der Waals surface area contributed by atoms with Crippen molar-refractivity contribution in [2.24, 2.45) is 0 Å². The van der Waals surface area contributed by atoms with Crippen molar-refractivity contribution in [2.75, 3.05) is 0 Å². The third-order valence-electron chi connectivity index (χ3n) is 0.264. The minimum Gasteiger partial charge on any atom is -0.319 e. The minimum atomic E-state index is -1.06. The summed E-state index contributed by atoms with van der Waals surface area (Å²) in [6, 6.07) is 0. The molecule has 0 aromatic carbocycles. The van der Waals surface area contributed by atoms with Crippen LogP contribution in [0.3, 0.4) is 0 Å². The Balaban J connectivity index is 2.83. The molecule has 0 saturated heterocycles. The van der Waals surface area contributed by atoms with Gasteiger partial charge in [0.05, 0.1) is 0 Å². The molecule has 5 heavy (non-hydrogen) atoms. The topological polar surface area (TPSA) is 48.9 Å². The van der Waals surface area contributed by atoms with E-state index in [1.54, 1.807) is 0 Å². The summed E-state index contributed by atoms with van der Waals surface area (Å²) in [4.78, 5) is 8.23. The van der Waals surface area contributed by atoms with Gasteiger partial charge >= 0.3 is 0 Å². The Morgan fingerprint density at radius 1 is 2.00 bits per heavy atom. The number of aromatic nitrogens is 2. The summed E-state index contributed by atoms with van der Waals surface area (Å²) in [6.07, 6.45) is 0. The number of hydrogen-bond acceptors (Lipinski definition) is 2. The molecule has 0 aliphatic rings. The Bertz CT molecular complexity index is 89.8. The second-order valence-electron chi connectivity index (χ2n) is 0.579. The molecule has 1 aromatic heterocycles. The van der Waals surface area contributed by atoms with E-state index in [1.165, 1.54) is 0 Å². The smallest absolute Gasteiger partial charge is 0.201 e. The van der Waals surface area contributed by atoms with Crippen molar-refractivity contribution in [3.05, 3.63) is 0 Å². The van der Waals surface area contributed by atoms with E-state index in [0.717, 1.165) is 8.51 Å². The van der Waals surface area contributed by atoms with Crippen LogP contribution in [0.1, 0.15) is 0 Å². The van der Waals surface area contributed by atoms with Crippen molar-refractivity contribution in [1.29, 1.82) is 0 Å². The van der Waals surface area contributed by atoms with E-state index in [0.29, 0.717) is 0 Å². The number of rotatable bonds is 0. The van der Waals surface area contributed by atoms with Crippen molar-refractivity contribution < 1.29 is 4.89 Å². The van der Waals surface area contributed by atoms with Crippen LogP contribution < -0.4 is 0 Å². The summed E-state index contributed by atoms with van der Waals surface area (Å²) >= 11 is 0. The highest BCUT2D eigenvalue weighted by Gasteiger charge is 1.79. The van der Waals surface area contributed by atoms with Gasteiger partial charge in [0.15, 0.2) is 0 Å². The largest absolute Gasteiger partial charge is 0.319 e. The van der Waals surface area contributed by atoms with Gasteiger partial charge in [-0.25, -0.2) is 0 Å². The van der Waals surface area contributed by atoms with E-state index in [2.05, 4.69) is 9.02 Å². The molecule has 0 radical (unpaired) electrons. The van der Waals surface area contributed by atoms with Gasteiger partial charge in [0.25, 0.3) is 0 Å². The zero-order chi connectivity index (χ0) is 3.70. The zero-order valence-corrected chi connectivity index (χ0v) is 4.08. The second-order valence-corrected chi connectivity index (χ2v) is 2.87. The maximum atomic E-state index is 8.23. The van der Waals surface area contributed by atoms with Crippen LogP contribution in [0.5, 0.6) is 0 Å². The van der Waals surface area contributed by atoms with E-state index < -0.39 is 8.08 Å². The highest BCUT2D eigenvalue weighted by molar-refractivity contribution is 7.51. The fourth-order valence-electron chi connectivity index (χ4n) is 0.0847. The Morgan fingerprint density at radius 2 is 2.40 bits per heavy atom. The Hall–Kier alpha value is 0.160. The van der Waals surface area contributed by atoms with E-state index in [4.69, 9.17) is 4.89 Å². The van der Waals surface area contributed by atoms with Crippen molar-refractivity contribution in [3.63, 3.8) is 0 Å². The molecule has 1 rings (SSSR count). The number of hydrogen-bond donors (Lipinski definition) is 2. The normalized spacial score (nSPS) is 14.2. The third-order valence-corrected chi connectivity index (χ3v) is 2.37. The first kappa shape index (κ1) is 3.35. The molecule has 1 aromatic rings. The van der Waals surface area contributed by atoms with Crippen LogP contribution in [0.4, 0.5) is 0 Å². The van der Waals surface area contributed by atoms with Gasteiger partial charge in [-0.3, -0.25) is 4.51 Å². The van der Waals surface area contributed by atoms with Gasteiger partial charge < -0.3 is 4.89 Å². The van der Waals surface area contributed by atoms with Gasteiger partial charge in [-0.15, -0.1) is 0 Å². The average Bonchev–Trinajstić information content (AvgIpc) is 1.30. The van der Waals surface area contributed by atoms with Crippen LogP contribution in [-0.4, -0.2) is 13.9 Å². The molecular formula is H2N2OP2. The summed E-state index contributed by atoms with van der Waals surface area (Å²) in [5, 5.41) is 0. The van der Waals surface area contributed by atoms with Crippen molar-refractivity contribution >= 4 is 16.6 Å². The number of aromatic amines is 1. The van der Waals surface area contributed by atoms with Crippen LogP contribution in [0.25, 0.3) is 0 Å². The van der Waals surface area contributed by atoms with Crippen LogP contribution in [0, 0.1) is 0 Å². The monoisotopic (exact) mass is 108 g/mol. The molecule has 28 valence electrons. The summed E-state index contributed by atoms with van der Waals surface area (Å²) in [6.45, 7) is 0. The third kappa shape index (κ3) is 0.511. The lowest BCUT2D eigenvalue weighted by Crippen LogP contribution is -1.63. The first-order chi connectivity index (χ1) is 2.39. The fraction of sp³-hybridized carbons (Fsp3) is 0. The lowest BCUT2D eigenvalue weighted by molar-refractivity contribution is 0.636. The molecule has 0 fully saturated rings. The van der Waals surface area contributed by atoms with Gasteiger partial charge in [0.2, 0.25) is 8.08 Å². The highest BCUT2D eigenvalue weighted by atomic mass is 31.2. The summed E-state index contributed by atoms with van der Waals surface area (Å²) in [5.74, 6) is 0. The van der Waals surface area contributed by atoms with E-state index in [-0.39, 0.29) is 0 Å². The van der Waals surface area contributed by atoms with E-state index in [9.17, 15) is 0 Å². The quantitative estimate of drug-likeness (QED) is 0.514. The summed E-state index contributed by atoms with van der Waals surface area (Å²) in [7, 11) is -0.228. The fourth-order valence-corrected chi connectivity index (χ4v) is 0.762. The molecule has 1 heterocycles. The molecule has 0 spiro atoms. The van der Waals surface area contributed by atoms with E-state index in [1.807, 2.05) is 0 Å². The molecule has 1 unspecified atom stereocenters. The first-order valence-corrected chi connectivity index (χ1v) is 3.14. The van der Waals surface area contributed by atoms with Gasteiger partial charge in [-0.05, 0) is 0 Å². The van der Waals surface area contributed by atoms with Crippen molar-refractivity contribution in [1.82, 2.24) is 9.02 Å². The lowest BCUT2D eigenvalue weighted by atomic mass is 13.9. The SMILES string of the molecule is Op1np[nH]1. The Morgan fingerprint density at radius 3 is 2.40 bits per heavy atom. The molecule has 0 saturated carbocycles. The van der Waals surface area contributed by atoms with Gasteiger partial charge in [0.1, 0.15) is 8.51 Å². The van der Waals surface area contributed by atoms with Crippen LogP contribution in [0.2, 0.25) is 0 Å². The van der Waals surface area contributed by atoms with Gasteiger partial charge in [-0.1, -0.05) is 0 Å². The van der Waals surface area contributed by atoms with Crippen molar-refractivity contribution in [2.45, 2.75) is 0 Å². The molecule has 0 aliphatic carbocycles. The van der Waals surface area contributed by atoms with E-state index >= 15 is 0 Å². The lowest BCUT2D eigenvalue weighted by Gasteiger charge is -1.84. The molecular weight excluding hydrogens is 106 g/mol. The predicted octanol–water partition coefficient (Wildman–Crippen LogP) is 0.732. The number of nitrogens with one attached hydrogen (secondary N) is 1. The maximum Gasteiger partial charge on any atom is 0.201 e. The predicted molar refractivity (Wildman–Crippen MR) is 21.4 cm³/mol. The highest BCUT2D eigenvalue weighted by Crippen LogP contribution is 2.17. The summed E-state index contributed by atoms with van der Waals surface area (Å²) in [5.41, 5.74) is 0. The van der Waals surface area contributed by atoms with Crippen molar-refractivity contribution in [3.8, 4) is 0 Å². The van der Waals surface area contributed by atoms with Gasteiger partial charge in [0, 0.05) is 0 Å². The minimum absolute atomic E-state index is 0.827. The Kier molecular flexibility index (Phi) is 0.734. The molecule has 0 aliphatic heterocycles. The Labute approximate surface area is 31.5 Å². The molecule has 5 heteroatoms. The summed E-state index contributed by atoms with van der Waals surface area (Å²) < 4.78 is 6.19. The zero-order valence-electron chi connectivity index (χ0n) is 2.29. The number of H-pyrrole nitrogens is 1. The molecule has 2 N–H and O–H groups in total. The second kappa shape index (κ2) is 1.09. The van der Waals surface area contributed by atoms with Crippen LogP contribution in [-0.2, 0) is 0 Å². The molecule has 0 amide bonds. The standard InChI is InChI=1S/H2N2OP2/c3-5-1-4-2-5/h3H,(H,1,2). The van der Waals surface area contributed by atoms with Gasteiger partial charge in [-0.2, -0.15) is 4.51 Å². The molecule has 0 bridgehead atoms.